The molecule has 0 aliphatic carbocycles. The monoisotopic (exact) mass is 476 g/mol. The number of halogens is 3. The Kier molecular flexibility index (Phi) is 7.58. The number of nitrogens with zero attached hydrogens (tertiary/aromatic N) is 1. The van der Waals surface area contributed by atoms with Gasteiger partial charge in [0, 0.05) is 12.0 Å². The van der Waals surface area contributed by atoms with Crippen molar-refractivity contribution in [2.24, 2.45) is 0 Å². The predicted molar refractivity (Wildman–Crippen MR) is 123 cm³/mol. The zero-order chi connectivity index (χ0) is 25.2. The molecule has 0 aromatic heterocycles. The lowest BCUT2D eigenvalue weighted by Gasteiger charge is -2.29. The van der Waals surface area contributed by atoms with Crippen molar-refractivity contribution >= 4 is 12.0 Å². The topological polar surface area (TPSA) is 58.6 Å². The van der Waals surface area contributed by atoms with E-state index in [1.54, 1.807) is 65.0 Å². The lowest BCUT2D eigenvalue weighted by atomic mass is 9.93. The van der Waals surface area contributed by atoms with Crippen LogP contribution < -0.4 is 5.32 Å². The van der Waals surface area contributed by atoms with Crippen LogP contribution in [0.4, 0.5) is 18.0 Å². The second-order valence-corrected chi connectivity index (χ2v) is 9.89. The van der Waals surface area contributed by atoms with Crippen LogP contribution in [0.5, 0.6) is 0 Å². The summed E-state index contributed by atoms with van der Waals surface area (Å²) in [7, 11) is 0. The summed E-state index contributed by atoms with van der Waals surface area (Å²) in [6.45, 7) is 8.15. The summed E-state index contributed by atoms with van der Waals surface area (Å²) in [5, 5.41) is 2.77. The number of ether oxygens (including phenoxy) is 1. The van der Waals surface area contributed by atoms with Crippen molar-refractivity contribution < 1.29 is 27.5 Å². The molecule has 2 unspecified atom stereocenters. The van der Waals surface area contributed by atoms with Crippen molar-refractivity contribution in [2.75, 3.05) is 6.54 Å². The highest BCUT2D eigenvalue weighted by molar-refractivity contribution is 5.87. The molecular formula is C26H31F3N2O3. The molecule has 5 nitrogen and oxygen atoms in total. The van der Waals surface area contributed by atoms with E-state index >= 15 is 0 Å². The van der Waals surface area contributed by atoms with Gasteiger partial charge in [-0.2, -0.15) is 0 Å². The second-order valence-electron chi connectivity index (χ2n) is 9.89. The van der Waals surface area contributed by atoms with Crippen LogP contribution in [0, 0.1) is 11.6 Å². The zero-order valence-electron chi connectivity index (χ0n) is 20.1. The first kappa shape index (κ1) is 25.6. The average molecular weight is 477 g/mol. The summed E-state index contributed by atoms with van der Waals surface area (Å²) >= 11 is 0. The van der Waals surface area contributed by atoms with E-state index in [1.165, 1.54) is 12.1 Å². The highest BCUT2D eigenvalue weighted by Gasteiger charge is 2.42. The van der Waals surface area contributed by atoms with Crippen molar-refractivity contribution in [3.8, 4) is 0 Å². The number of carbonyl (C=O) groups is 2. The predicted octanol–water partition coefficient (Wildman–Crippen LogP) is 5.64. The minimum absolute atomic E-state index is 0.0333. The lowest BCUT2D eigenvalue weighted by Crippen LogP contribution is -2.48. The van der Waals surface area contributed by atoms with Crippen molar-refractivity contribution in [3.63, 3.8) is 0 Å². The fraction of sp³-hybridized carbons (Fsp3) is 0.462. The van der Waals surface area contributed by atoms with Crippen molar-refractivity contribution in [1.82, 2.24) is 10.2 Å². The molecule has 0 bridgehead atoms. The molecule has 1 N–H and O–H groups in total. The Balaban J connectivity index is 1.93. The van der Waals surface area contributed by atoms with E-state index in [9.17, 15) is 22.8 Å². The van der Waals surface area contributed by atoms with Gasteiger partial charge in [-0.25, -0.2) is 18.0 Å². The first-order valence-corrected chi connectivity index (χ1v) is 11.3. The first-order chi connectivity index (χ1) is 15.9. The summed E-state index contributed by atoms with van der Waals surface area (Å²) in [6.07, 6.45) is -2.37. The molecule has 2 amide bonds. The van der Waals surface area contributed by atoms with Crippen LogP contribution in [0.3, 0.4) is 0 Å². The van der Waals surface area contributed by atoms with Crippen LogP contribution in [-0.2, 0) is 9.53 Å². The van der Waals surface area contributed by atoms with Gasteiger partial charge in [-0.15, -0.1) is 0 Å². The highest BCUT2D eigenvalue weighted by Crippen LogP contribution is 2.30. The second kappa shape index (κ2) is 10.1. The molecule has 0 spiro atoms. The van der Waals surface area contributed by atoms with Crippen LogP contribution in [0.15, 0.2) is 42.5 Å². The van der Waals surface area contributed by atoms with E-state index in [4.69, 9.17) is 4.74 Å². The number of hydrogen-bond donors (Lipinski definition) is 1. The maximum Gasteiger partial charge on any atom is 0.411 e. The Hall–Kier alpha value is -3.03. The van der Waals surface area contributed by atoms with Crippen LogP contribution >= 0.6 is 0 Å². The number of nitrogens with one attached hydrogen (secondary N) is 1. The van der Waals surface area contributed by atoms with Crippen LogP contribution in [0.25, 0.3) is 0 Å². The van der Waals surface area contributed by atoms with Crippen LogP contribution in [0.1, 0.15) is 69.7 Å². The molecule has 1 fully saturated rings. The zero-order valence-corrected chi connectivity index (χ0v) is 20.1. The molecule has 1 heterocycles. The molecule has 3 rings (SSSR count). The number of rotatable bonds is 5. The van der Waals surface area contributed by atoms with Gasteiger partial charge in [-0.1, -0.05) is 44.2 Å². The van der Waals surface area contributed by atoms with Crippen molar-refractivity contribution in [3.05, 3.63) is 70.8 Å². The number of alkyl halides is 1. The lowest BCUT2D eigenvalue weighted by molar-refractivity contribution is -0.126. The molecule has 34 heavy (non-hydrogen) atoms. The molecule has 1 saturated heterocycles. The average Bonchev–Trinajstić information content (AvgIpc) is 3.12. The van der Waals surface area contributed by atoms with E-state index in [0.29, 0.717) is 5.56 Å². The fourth-order valence-corrected chi connectivity index (χ4v) is 4.12. The Morgan fingerprint density at radius 2 is 1.65 bits per heavy atom. The smallest absolute Gasteiger partial charge is 0.411 e. The summed E-state index contributed by atoms with van der Waals surface area (Å²) in [5.41, 5.74) is -0.0519. The quantitative estimate of drug-likeness (QED) is 0.608. The maximum absolute atomic E-state index is 14.8. The summed E-state index contributed by atoms with van der Waals surface area (Å²) < 4.78 is 49.2. The molecular weight excluding hydrogens is 445 g/mol. The third kappa shape index (κ3) is 5.90. The van der Waals surface area contributed by atoms with Gasteiger partial charge >= 0.3 is 6.09 Å². The minimum atomic E-state index is -1.39. The third-order valence-electron chi connectivity index (χ3n) is 5.61. The van der Waals surface area contributed by atoms with Gasteiger partial charge in [0.1, 0.15) is 29.4 Å². The number of likely N-dealkylation sites (tertiary alicyclic amines) is 1. The van der Waals surface area contributed by atoms with E-state index in [1.807, 2.05) is 0 Å². The van der Waals surface area contributed by atoms with Crippen LogP contribution in [-0.4, -0.2) is 41.3 Å². The van der Waals surface area contributed by atoms with Gasteiger partial charge in [0.15, 0.2) is 0 Å². The molecule has 184 valence electrons. The van der Waals surface area contributed by atoms with Gasteiger partial charge in [-0.3, -0.25) is 9.69 Å². The molecule has 2 aromatic rings. The minimum Gasteiger partial charge on any atom is -0.444 e. The number of hydrogen-bond acceptors (Lipinski definition) is 3. The number of amides is 2. The largest absolute Gasteiger partial charge is 0.444 e. The van der Waals surface area contributed by atoms with Gasteiger partial charge in [-0.05, 0) is 49.9 Å². The molecule has 1 aliphatic rings. The van der Waals surface area contributed by atoms with Gasteiger partial charge < -0.3 is 10.1 Å². The van der Waals surface area contributed by atoms with E-state index in [2.05, 4.69) is 5.32 Å². The SMILES string of the molecule is CC(C)c1c(F)cc([C@@H](NC(=O)C2CC(F)CN2C(=O)OC(C)(C)C)c2ccccc2)cc1F. The standard InChI is InChI=1S/C26H31F3N2O3/c1-15(2)22-19(28)11-17(12-20(22)29)23(16-9-7-6-8-10-16)30-24(32)21-13-18(27)14-31(21)25(33)34-26(3,4)5/h6-12,15,18,21,23H,13-14H2,1-5H3,(H,30,32)/t18?,21?,23-/m0/s1. The Morgan fingerprint density at radius 3 is 2.18 bits per heavy atom. The van der Waals surface area contributed by atoms with E-state index in [-0.39, 0.29) is 30.0 Å². The molecule has 3 atom stereocenters. The summed E-state index contributed by atoms with van der Waals surface area (Å²) in [5.74, 6) is -2.41. The molecule has 2 aromatic carbocycles. The van der Waals surface area contributed by atoms with E-state index in [0.717, 1.165) is 4.90 Å². The van der Waals surface area contributed by atoms with Gasteiger partial charge in [0.05, 0.1) is 12.6 Å². The molecule has 1 aliphatic heterocycles. The molecule has 8 heteroatoms. The number of benzene rings is 2. The van der Waals surface area contributed by atoms with Crippen molar-refractivity contribution in [1.29, 1.82) is 0 Å². The maximum atomic E-state index is 14.8. The first-order valence-electron chi connectivity index (χ1n) is 11.3. The Bertz CT molecular complexity index is 1010. The molecule has 0 saturated carbocycles. The fourth-order valence-electron chi connectivity index (χ4n) is 4.12. The van der Waals surface area contributed by atoms with Crippen LogP contribution in [0.2, 0.25) is 0 Å². The summed E-state index contributed by atoms with van der Waals surface area (Å²) in [6, 6.07) is 9.08. The molecule has 0 radical (unpaired) electrons. The van der Waals surface area contributed by atoms with E-state index < -0.39 is 47.5 Å². The highest BCUT2D eigenvalue weighted by atomic mass is 19.1. The van der Waals surface area contributed by atoms with Crippen molar-refractivity contribution in [2.45, 2.75) is 70.8 Å². The van der Waals surface area contributed by atoms with Gasteiger partial charge in [0.25, 0.3) is 0 Å². The Labute approximate surface area is 198 Å². The summed E-state index contributed by atoms with van der Waals surface area (Å²) in [4.78, 5) is 26.9. The number of carbonyl (C=O) groups excluding carboxylic acids is 2. The normalized spacial score (nSPS) is 19.3. The van der Waals surface area contributed by atoms with Gasteiger partial charge in [0.2, 0.25) is 5.91 Å². The third-order valence-corrected chi connectivity index (χ3v) is 5.61. The Morgan fingerprint density at radius 1 is 1.06 bits per heavy atom.